The zero-order chi connectivity index (χ0) is 13.1. The Balaban J connectivity index is 3.42. The van der Waals surface area contributed by atoms with Crippen molar-refractivity contribution in [2.24, 2.45) is 5.92 Å². The Morgan fingerprint density at radius 3 is 2.35 bits per heavy atom. The van der Waals surface area contributed by atoms with Gasteiger partial charge in [-0.3, -0.25) is 0 Å². The summed E-state index contributed by atoms with van der Waals surface area (Å²) in [6.45, 7) is 7.08. The monoisotopic (exact) mass is 298 g/mol. The number of hydrogen-bond acceptors (Lipinski definition) is 3. The fourth-order valence-electron chi connectivity index (χ4n) is 1.34. The van der Waals surface area contributed by atoms with E-state index >= 15 is 0 Å². The molecule has 5 heteroatoms. The molecule has 104 valence electrons. The summed E-state index contributed by atoms with van der Waals surface area (Å²) in [7, 11) is 0. The summed E-state index contributed by atoms with van der Waals surface area (Å²) < 4.78 is 5.43. The summed E-state index contributed by atoms with van der Waals surface area (Å²) in [4.78, 5) is 9.87. The molecule has 0 amide bonds. The van der Waals surface area contributed by atoms with Gasteiger partial charge in [-0.05, 0) is 24.1 Å². The molecule has 0 aliphatic rings. The molecule has 1 N–H and O–H groups in total. The van der Waals surface area contributed by atoms with Crippen molar-refractivity contribution in [1.29, 1.82) is 0 Å². The maximum atomic E-state index is 9.87. The van der Waals surface area contributed by atoms with Crippen LogP contribution in [0.3, 0.4) is 0 Å². The lowest BCUT2D eigenvalue weighted by Crippen LogP contribution is -1.94. The van der Waals surface area contributed by atoms with Gasteiger partial charge in [-0.15, -0.1) is 0 Å². The quantitative estimate of drug-likeness (QED) is 0.431. The van der Waals surface area contributed by atoms with Gasteiger partial charge in [-0.2, -0.15) is 0 Å². The lowest BCUT2D eigenvalue weighted by molar-refractivity contribution is 0.307. The largest absolute Gasteiger partial charge is 0.337 e. The second-order valence-corrected chi connectivity index (χ2v) is 11.0. The zero-order valence-electron chi connectivity index (χ0n) is 11.4. The van der Waals surface area contributed by atoms with E-state index in [1.807, 2.05) is 0 Å². The molecule has 2 nitrogen and oxygen atoms in total. The first-order chi connectivity index (χ1) is 7.98. The fraction of sp³-hybridized carbons (Fsp3) is 1.00. The van der Waals surface area contributed by atoms with E-state index in [0.29, 0.717) is 12.5 Å². The summed E-state index contributed by atoms with van der Waals surface area (Å²) >= 11 is 6.51. The van der Waals surface area contributed by atoms with Gasteiger partial charge in [-0.25, -0.2) is 0 Å². The molecular formula is C12H27O2PS2. The molecule has 0 radical (unpaired) electrons. The minimum absolute atomic E-state index is 0.548. The Morgan fingerprint density at radius 1 is 1.18 bits per heavy atom. The zero-order valence-corrected chi connectivity index (χ0v) is 13.9. The van der Waals surface area contributed by atoms with Crippen molar-refractivity contribution in [1.82, 2.24) is 0 Å². The van der Waals surface area contributed by atoms with Gasteiger partial charge < -0.3 is 9.42 Å². The van der Waals surface area contributed by atoms with Gasteiger partial charge in [0.15, 0.2) is 0 Å². The first-order valence-corrected chi connectivity index (χ1v) is 10.9. The van der Waals surface area contributed by atoms with Crippen LogP contribution in [-0.2, 0) is 16.3 Å². The Bertz CT molecular complexity index is 223. The van der Waals surface area contributed by atoms with Crippen molar-refractivity contribution in [2.45, 2.75) is 59.3 Å². The third-order valence-corrected chi connectivity index (χ3v) is 6.98. The smallest absolute Gasteiger partial charge is 0.244 e. The van der Waals surface area contributed by atoms with Crippen molar-refractivity contribution in [3.63, 3.8) is 0 Å². The van der Waals surface area contributed by atoms with E-state index in [1.165, 1.54) is 43.5 Å². The van der Waals surface area contributed by atoms with E-state index in [1.54, 1.807) is 0 Å². The van der Waals surface area contributed by atoms with Gasteiger partial charge in [0.2, 0.25) is 5.69 Å². The molecule has 0 rings (SSSR count). The van der Waals surface area contributed by atoms with Crippen LogP contribution in [-0.4, -0.2) is 17.3 Å². The van der Waals surface area contributed by atoms with Gasteiger partial charge in [0.05, 0.1) is 6.61 Å². The van der Waals surface area contributed by atoms with Crippen LogP contribution in [0.4, 0.5) is 0 Å². The molecule has 1 atom stereocenters. The highest BCUT2D eigenvalue weighted by Gasteiger charge is 2.14. The number of rotatable bonds is 11. The Hall–Kier alpha value is 0.920. The van der Waals surface area contributed by atoms with E-state index in [4.69, 9.17) is 16.3 Å². The lowest BCUT2D eigenvalue weighted by atomic mass is 10.1. The summed E-state index contributed by atoms with van der Waals surface area (Å²) in [5.74, 6) is 1.43. The number of unbranched alkanes of at least 4 members (excludes halogenated alkanes) is 5. The second kappa shape index (κ2) is 10.8. The second-order valence-electron chi connectivity index (χ2n) is 4.76. The van der Waals surface area contributed by atoms with Crippen molar-refractivity contribution < 1.29 is 9.42 Å². The maximum absolute atomic E-state index is 9.87. The molecule has 0 aromatic rings. The standard InChI is InChI=1S/C12H27O2PS2/c1-4-5-6-7-8-9-10-14-15(13,16)17-11-12(2)3/h12H,4-11H2,1-3H3,(H,13,16). The van der Waals surface area contributed by atoms with E-state index in [-0.39, 0.29) is 0 Å². The number of hydrogen-bond donors (Lipinski definition) is 1. The Morgan fingerprint density at radius 2 is 1.76 bits per heavy atom. The molecule has 0 aromatic carbocycles. The molecule has 0 saturated heterocycles. The SMILES string of the molecule is CCCCCCCCOP(O)(=S)SCC(C)C. The third kappa shape index (κ3) is 13.2. The molecule has 0 heterocycles. The highest BCUT2D eigenvalue weighted by molar-refractivity contribution is 8.67. The van der Waals surface area contributed by atoms with Gasteiger partial charge >= 0.3 is 0 Å². The summed E-state index contributed by atoms with van der Waals surface area (Å²) in [6, 6.07) is 0. The molecule has 0 aliphatic heterocycles. The average Bonchev–Trinajstić information content (AvgIpc) is 2.25. The van der Waals surface area contributed by atoms with E-state index in [0.717, 1.165) is 12.2 Å². The molecule has 0 aliphatic carbocycles. The van der Waals surface area contributed by atoms with Crippen molar-refractivity contribution in [2.75, 3.05) is 12.4 Å². The van der Waals surface area contributed by atoms with Crippen molar-refractivity contribution in [3.8, 4) is 0 Å². The van der Waals surface area contributed by atoms with Gasteiger partial charge in [-0.1, -0.05) is 64.3 Å². The van der Waals surface area contributed by atoms with Crippen LogP contribution in [0.25, 0.3) is 0 Å². The van der Waals surface area contributed by atoms with Crippen LogP contribution < -0.4 is 0 Å². The summed E-state index contributed by atoms with van der Waals surface area (Å²) in [5.41, 5.74) is -2.56. The van der Waals surface area contributed by atoms with E-state index in [9.17, 15) is 4.89 Å². The predicted octanol–water partition coefficient (Wildman–Crippen LogP) is 4.97. The minimum atomic E-state index is -2.56. The molecule has 0 fully saturated rings. The first kappa shape index (κ1) is 17.9. The van der Waals surface area contributed by atoms with Crippen LogP contribution in [0.5, 0.6) is 0 Å². The molecule has 0 bridgehead atoms. The fourth-order valence-corrected chi connectivity index (χ4v) is 4.94. The highest BCUT2D eigenvalue weighted by Crippen LogP contribution is 2.56. The van der Waals surface area contributed by atoms with E-state index in [2.05, 4.69) is 20.8 Å². The van der Waals surface area contributed by atoms with Crippen LogP contribution in [0.2, 0.25) is 0 Å². The van der Waals surface area contributed by atoms with Crippen LogP contribution in [0, 0.1) is 5.92 Å². The lowest BCUT2D eigenvalue weighted by Gasteiger charge is -2.15. The van der Waals surface area contributed by atoms with Gasteiger partial charge in [0.25, 0.3) is 0 Å². The summed E-state index contributed by atoms with van der Waals surface area (Å²) in [6.07, 6.45) is 7.38. The van der Waals surface area contributed by atoms with Gasteiger partial charge in [0, 0.05) is 5.75 Å². The van der Waals surface area contributed by atoms with Crippen molar-refractivity contribution >= 4 is 28.9 Å². The molecule has 1 unspecified atom stereocenters. The minimum Gasteiger partial charge on any atom is -0.337 e. The summed E-state index contributed by atoms with van der Waals surface area (Å²) in [5, 5.41) is 0. The average molecular weight is 298 g/mol. The van der Waals surface area contributed by atoms with E-state index < -0.39 is 5.69 Å². The third-order valence-electron chi connectivity index (χ3n) is 2.32. The normalized spacial score (nSPS) is 15.1. The van der Waals surface area contributed by atoms with Crippen LogP contribution in [0.15, 0.2) is 0 Å². The van der Waals surface area contributed by atoms with Crippen LogP contribution >= 0.6 is 17.1 Å². The topological polar surface area (TPSA) is 29.5 Å². The molecular weight excluding hydrogens is 271 g/mol. The maximum Gasteiger partial charge on any atom is 0.244 e. The highest BCUT2D eigenvalue weighted by atomic mass is 32.9. The Kier molecular flexibility index (Phi) is 11.4. The first-order valence-electron chi connectivity index (χ1n) is 6.60. The predicted molar refractivity (Wildman–Crippen MR) is 83.1 cm³/mol. The molecule has 0 spiro atoms. The van der Waals surface area contributed by atoms with Gasteiger partial charge in [0.1, 0.15) is 0 Å². The van der Waals surface area contributed by atoms with Crippen molar-refractivity contribution in [3.05, 3.63) is 0 Å². The Labute approximate surface area is 116 Å². The van der Waals surface area contributed by atoms with Crippen LogP contribution in [0.1, 0.15) is 59.3 Å². The molecule has 0 saturated carbocycles. The molecule has 17 heavy (non-hydrogen) atoms. The molecule has 0 aromatic heterocycles.